The summed E-state index contributed by atoms with van der Waals surface area (Å²) in [5.74, 6) is 0.745. The van der Waals surface area contributed by atoms with Crippen LogP contribution in [0.1, 0.15) is 45.0 Å². The molecule has 0 spiro atoms. The average molecular weight is 289 g/mol. The highest BCUT2D eigenvalue weighted by molar-refractivity contribution is 5.10. The van der Waals surface area contributed by atoms with Crippen LogP contribution in [-0.2, 0) is 6.54 Å². The van der Waals surface area contributed by atoms with E-state index in [2.05, 4.69) is 68.1 Å². The van der Waals surface area contributed by atoms with Gasteiger partial charge in [0.05, 0.1) is 5.69 Å². The summed E-state index contributed by atoms with van der Waals surface area (Å²) in [6.07, 6.45) is 2.65. The van der Waals surface area contributed by atoms with Crippen molar-refractivity contribution in [1.29, 1.82) is 0 Å². The minimum absolute atomic E-state index is 0.417. The minimum atomic E-state index is 0.417. The van der Waals surface area contributed by atoms with Gasteiger partial charge in [0.2, 0.25) is 0 Å². The predicted octanol–water partition coefficient (Wildman–Crippen LogP) is 3.24. The third-order valence-electron chi connectivity index (χ3n) is 5.06. The molecule has 21 heavy (non-hydrogen) atoms. The van der Waals surface area contributed by atoms with Gasteiger partial charge in [0.1, 0.15) is 0 Å². The van der Waals surface area contributed by atoms with Crippen LogP contribution in [0.4, 0.5) is 0 Å². The molecule has 0 aromatic carbocycles. The molecule has 0 bridgehead atoms. The van der Waals surface area contributed by atoms with E-state index in [4.69, 9.17) is 0 Å². The van der Waals surface area contributed by atoms with Gasteiger partial charge in [0.25, 0.3) is 0 Å². The van der Waals surface area contributed by atoms with Gasteiger partial charge in [-0.25, -0.2) is 0 Å². The average Bonchev–Trinajstić information content (AvgIpc) is 2.72. The van der Waals surface area contributed by atoms with Crippen LogP contribution in [0.5, 0.6) is 0 Å². The first kappa shape index (κ1) is 16.4. The smallest absolute Gasteiger partial charge is 0.0547 e. The molecule has 1 aromatic rings. The van der Waals surface area contributed by atoms with Crippen molar-refractivity contribution in [3.05, 3.63) is 29.6 Å². The van der Waals surface area contributed by atoms with E-state index in [-0.39, 0.29) is 0 Å². The molecule has 2 unspecified atom stereocenters. The summed E-state index contributed by atoms with van der Waals surface area (Å²) in [6.45, 7) is 12.3. The topological polar surface area (TPSA) is 28.2 Å². The first-order valence-electron chi connectivity index (χ1n) is 8.28. The van der Waals surface area contributed by atoms with Crippen molar-refractivity contribution in [3.63, 3.8) is 0 Å². The van der Waals surface area contributed by atoms with Crippen LogP contribution in [0.3, 0.4) is 0 Å². The third kappa shape index (κ3) is 4.04. The van der Waals surface area contributed by atoms with Gasteiger partial charge >= 0.3 is 0 Å². The predicted molar refractivity (Wildman–Crippen MR) is 89.3 cm³/mol. The van der Waals surface area contributed by atoms with Crippen LogP contribution in [-0.4, -0.2) is 36.1 Å². The van der Waals surface area contributed by atoms with Crippen LogP contribution in [0.25, 0.3) is 0 Å². The number of nitrogens with zero attached hydrogens (tertiary/aromatic N) is 2. The number of aromatic nitrogens is 1. The molecule has 0 aliphatic heterocycles. The van der Waals surface area contributed by atoms with Crippen LogP contribution in [0, 0.1) is 18.3 Å². The lowest BCUT2D eigenvalue weighted by molar-refractivity contribution is 0.188. The molecule has 1 saturated carbocycles. The summed E-state index contributed by atoms with van der Waals surface area (Å²) in [5.41, 5.74) is 2.72. The van der Waals surface area contributed by atoms with Crippen LogP contribution < -0.4 is 5.32 Å². The van der Waals surface area contributed by atoms with E-state index in [0.29, 0.717) is 11.5 Å². The highest BCUT2D eigenvalue weighted by Crippen LogP contribution is 2.41. The van der Waals surface area contributed by atoms with E-state index in [9.17, 15) is 0 Å². The summed E-state index contributed by atoms with van der Waals surface area (Å²) in [6, 6.07) is 6.94. The molecular formula is C18H31N3. The Morgan fingerprint density at radius 1 is 1.38 bits per heavy atom. The Morgan fingerprint density at radius 2 is 2.14 bits per heavy atom. The summed E-state index contributed by atoms with van der Waals surface area (Å²) >= 11 is 0. The molecule has 0 amide bonds. The lowest BCUT2D eigenvalue weighted by Crippen LogP contribution is -2.44. The van der Waals surface area contributed by atoms with Crippen molar-refractivity contribution < 1.29 is 0 Å². The molecule has 1 fully saturated rings. The molecule has 1 heterocycles. The van der Waals surface area contributed by atoms with E-state index >= 15 is 0 Å². The normalized spacial score (nSPS) is 24.7. The number of pyridine rings is 1. The Morgan fingerprint density at radius 3 is 2.76 bits per heavy atom. The summed E-state index contributed by atoms with van der Waals surface area (Å²) in [5, 5.41) is 3.56. The lowest BCUT2D eigenvalue weighted by atomic mass is 9.85. The van der Waals surface area contributed by atoms with Crippen molar-refractivity contribution in [2.24, 2.45) is 11.3 Å². The van der Waals surface area contributed by atoms with Gasteiger partial charge in [0.15, 0.2) is 0 Å². The Balaban J connectivity index is 1.99. The van der Waals surface area contributed by atoms with Gasteiger partial charge in [0, 0.05) is 24.8 Å². The second-order valence-electron chi connectivity index (χ2n) is 7.15. The van der Waals surface area contributed by atoms with E-state index in [1.54, 1.807) is 0 Å². The lowest BCUT2D eigenvalue weighted by Gasteiger charge is -2.33. The number of rotatable bonds is 6. The van der Waals surface area contributed by atoms with Crippen LogP contribution >= 0.6 is 0 Å². The van der Waals surface area contributed by atoms with Gasteiger partial charge in [-0.05, 0) is 56.8 Å². The SMILES string of the molecule is CCN(Cc1cccc(C)n1)CC1CCC(C)(C)C1NC. The van der Waals surface area contributed by atoms with Gasteiger partial charge in [-0.1, -0.05) is 26.8 Å². The molecule has 2 rings (SSSR count). The van der Waals surface area contributed by atoms with Crippen molar-refractivity contribution in [2.45, 2.75) is 53.1 Å². The molecule has 0 radical (unpaired) electrons. The fraction of sp³-hybridized carbons (Fsp3) is 0.722. The maximum Gasteiger partial charge on any atom is 0.0547 e. The van der Waals surface area contributed by atoms with Gasteiger partial charge in [-0.2, -0.15) is 0 Å². The third-order valence-corrected chi connectivity index (χ3v) is 5.06. The van der Waals surface area contributed by atoms with E-state index < -0.39 is 0 Å². The highest BCUT2D eigenvalue weighted by Gasteiger charge is 2.41. The second-order valence-corrected chi connectivity index (χ2v) is 7.15. The maximum atomic E-state index is 4.65. The Bertz CT molecular complexity index is 456. The molecule has 118 valence electrons. The molecule has 0 saturated heterocycles. The van der Waals surface area contributed by atoms with E-state index in [1.165, 1.54) is 25.1 Å². The monoisotopic (exact) mass is 289 g/mol. The fourth-order valence-corrected chi connectivity index (χ4v) is 3.89. The Labute approximate surface area is 130 Å². The zero-order valence-electron chi connectivity index (χ0n) is 14.3. The van der Waals surface area contributed by atoms with E-state index in [1.807, 2.05) is 0 Å². The van der Waals surface area contributed by atoms with Crippen molar-refractivity contribution in [2.75, 3.05) is 20.1 Å². The first-order valence-corrected chi connectivity index (χ1v) is 8.28. The zero-order chi connectivity index (χ0) is 15.5. The molecular weight excluding hydrogens is 258 g/mol. The maximum absolute atomic E-state index is 4.65. The number of nitrogens with one attached hydrogen (secondary N) is 1. The van der Waals surface area contributed by atoms with Gasteiger partial charge < -0.3 is 5.32 Å². The molecule has 2 atom stereocenters. The molecule has 1 aromatic heterocycles. The zero-order valence-corrected chi connectivity index (χ0v) is 14.3. The molecule has 3 nitrogen and oxygen atoms in total. The molecule has 1 N–H and O–H groups in total. The van der Waals surface area contributed by atoms with Gasteiger partial charge in [-0.15, -0.1) is 0 Å². The number of aryl methyl sites for hydroxylation is 1. The summed E-state index contributed by atoms with van der Waals surface area (Å²) < 4.78 is 0. The minimum Gasteiger partial charge on any atom is -0.316 e. The molecule has 3 heteroatoms. The van der Waals surface area contributed by atoms with Crippen molar-refractivity contribution in [1.82, 2.24) is 15.2 Å². The number of hydrogen-bond acceptors (Lipinski definition) is 3. The summed E-state index contributed by atoms with van der Waals surface area (Å²) in [7, 11) is 2.11. The quantitative estimate of drug-likeness (QED) is 0.871. The second kappa shape index (κ2) is 6.89. The summed E-state index contributed by atoms with van der Waals surface area (Å²) in [4.78, 5) is 7.19. The van der Waals surface area contributed by atoms with E-state index in [0.717, 1.165) is 24.7 Å². The van der Waals surface area contributed by atoms with Crippen LogP contribution in [0.15, 0.2) is 18.2 Å². The highest BCUT2D eigenvalue weighted by atomic mass is 15.1. The largest absolute Gasteiger partial charge is 0.316 e. The Hall–Kier alpha value is -0.930. The number of hydrogen-bond donors (Lipinski definition) is 1. The fourth-order valence-electron chi connectivity index (χ4n) is 3.89. The molecule has 1 aliphatic carbocycles. The van der Waals surface area contributed by atoms with Gasteiger partial charge in [-0.3, -0.25) is 9.88 Å². The first-order chi connectivity index (χ1) is 9.96. The van der Waals surface area contributed by atoms with Crippen molar-refractivity contribution in [3.8, 4) is 0 Å². The molecule has 1 aliphatic rings. The standard InChI is InChI=1S/C18H31N3/c1-6-21(13-16-9-7-8-14(2)20-16)12-15-10-11-18(3,4)17(15)19-5/h7-9,15,17,19H,6,10-13H2,1-5H3. The Kier molecular flexibility index (Phi) is 5.39. The van der Waals surface area contributed by atoms with Crippen LogP contribution in [0.2, 0.25) is 0 Å². The van der Waals surface area contributed by atoms with Crippen molar-refractivity contribution >= 4 is 0 Å².